The van der Waals surface area contributed by atoms with Crippen LogP contribution in [0.2, 0.25) is 0 Å². The van der Waals surface area contributed by atoms with Gasteiger partial charge in [0.05, 0.1) is 0 Å². The predicted molar refractivity (Wildman–Crippen MR) is 128 cm³/mol. The lowest BCUT2D eigenvalue weighted by molar-refractivity contribution is 0.0990. The second-order valence-electron chi connectivity index (χ2n) is 10.6. The monoisotopic (exact) mass is 415 g/mol. The summed E-state index contributed by atoms with van der Waals surface area (Å²) in [5.41, 5.74) is 2.94. The van der Waals surface area contributed by atoms with Crippen LogP contribution in [0.15, 0.2) is 24.3 Å². The summed E-state index contributed by atoms with van der Waals surface area (Å²) in [7, 11) is 0. The normalized spacial score (nSPS) is 22.7. The number of benzene rings is 1. The second-order valence-corrected chi connectivity index (χ2v) is 11.0. The molecule has 0 bridgehead atoms. The van der Waals surface area contributed by atoms with Crippen molar-refractivity contribution in [1.82, 2.24) is 15.5 Å². The van der Waals surface area contributed by atoms with Crippen LogP contribution in [-0.2, 0) is 6.54 Å². The van der Waals surface area contributed by atoms with E-state index in [0.717, 1.165) is 24.5 Å². The highest BCUT2D eigenvalue weighted by Gasteiger charge is 2.40. The van der Waals surface area contributed by atoms with Crippen molar-refractivity contribution in [2.45, 2.75) is 116 Å². The van der Waals surface area contributed by atoms with Crippen LogP contribution < -0.4 is 10.6 Å². The highest BCUT2D eigenvalue weighted by Crippen LogP contribution is 2.33. The van der Waals surface area contributed by atoms with Gasteiger partial charge in [-0.15, -0.1) is 0 Å². The molecule has 0 amide bonds. The van der Waals surface area contributed by atoms with E-state index < -0.39 is 0 Å². The molecule has 1 saturated carbocycles. The summed E-state index contributed by atoms with van der Waals surface area (Å²) >= 11 is 6.07. The SMILES string of the molecule is Cc1ccccc1CN(C(=S)NC1CCCCCC1)C1CC(C)(C)NC(C)(C)C1. The third-order valence-corrected chi connectivity index (χ3v) is 7.01. The molecule has 1 saturated heterocycles. The van der Waals surface area contributed by atoms with E-state index in [0.29, 0.717) is 12.1 Å². The first-order chi connectivity index (χ1) is 13.7. The third kappa shape index (κ3) is 6.42. The number of nitrogens with zero attached hydrogens (tertiary/aromatic N) is 1. The molecule has 2 fully saturated rings. The Hall–Kier alpha value is -1.13. The van der Waals surface area contributed by atoms with Gasteiger partial charge in [-0.05, 0) is 83.6 Å². The number of hydrogen-bond donors (Lipinski definition) is 2. The first-order valence-electron chi connectivity index (χ1n) is 11.6. The van der Waals surface area contributed by atoms with Crippen molar-refractivity contribution in [1.29, 1.82) is 0 Å². The molecule has 0 spiro atoms. The number of aryl methyl sites for hydroxylation is 1. The van der Waals surface area contributed by atoms with Crippen molar-refractivity contribution >= 4 is 17.3 Å². The summed E-state index contributed by atoms with van der Waals surface area (Å²) in [5, 5.41) is 8.57. The zero-order valence-electron chi connectivity index (χ0n) is 19.2. The van der Waals surface area contributed by atoms with E-state index in [1.165, 1.54) is 49.7 Å². The van der Waals surface area contributed by atoms with E-state index in [-0.39, 0.29) is 11.1 Å². The molecule has 0 radical (unpaired) electrons. The van der Waals surface area contributed by atoms with Crippen LogP contribution >= 0.6 is 12.2 Å². The molecular formula is C25H41N3S. The van der Waals surface area contributed by atoms with Crippen molar-refractivity contribution < 1.29 is 0 Å². The van der Waals surface area contributed by atoms with E-state index in [1.807, 2.05) is 0 Å². The van der Waals surface area contributed by atoms with E-state index in [9.17, 15) is 0 Å². The van der Waals surface area contributed by atoms with Crippen LogP contribution in [-0.4, -0.2) is 33.2 Å². The minimum absolute atomic E-state index is 0.105. The van der Waals surface area contributed by atoms with Gasteiger partial charge in [0.2, 0.25) is 0 Å². The Morgan fingerprint density at radius 2 is 1.62 bits per heavy atom. The fraction of sp³-hybridized carbons (Fsp3) is 0.720. The molecule has 1 aliphatic carbocycles. The van der Waals surface area contributed by atoms with Gasteiger partial charge < -0.3 is 15.5 Å². The van der Waals surface area contributed by atoms with Crippen molar-refractivity contribution in [3.63, 3.8) is 0 Å². The van der Waals surface area contributed by atoms with E-state index >= 15 is 0 Å². The molecule has 3 nitrogen and oxygen atoms in total. The van der Waals surface area contributed by atoms with Crippen LogP contribution in [0.5, 0.6) is 0 Å². The molecule has 3 rings (SSSR count). The van der Waals surface area contributed by atoms with Gasteiger partial charge in [-0.2, -0.15) is 0 Å². The van der Waals surface area contributed by atoms with E-state index in [1.54, 1.807) is 0 Å². The fourth-order valence-electron chi connectivity index (χ4n) is 5.51. The van der Waals surface area contributed by atoms with Crippen LogP contribution in [0, 0.1) is 6.92 Å². The Morgan fingerprint density at radius 3 is 2.21 bits per heavy atom. The minimum Gasteiger partial charge on any atom is -0.360 e. The topological polar surface area (TPSA) is 27.3 Å². The molecule has 4 heteroatoms. The molecule has 2 aliphatic rings. The second kappa shape index (κ2) is 9.34. The minimum atomic E-state index is 0.105. The largest absolute Gasteiger partial charge is 0.360 e. The molecule has 1 aromatic rings. The van der Waals surface area contributed by atoms with Crippen molar-refractivity contribution in [3.05, 3.63) is 35.4 Å². The van der Waals surface area contributed by atoms with Gasteiger partial charge in [0.15, 0.2) is 5.11 Å². The molecule has 1 aliphatic heterocycles. The van der Waals surface area contributed by atoms with Crippen LogP contribution in [0.3, 0.4) is 0 Å². The molecule has 1 aromatic carbocycles. The molecule has 0 atom stereocenters. The zero-order valence-corrected chi connectivity index (χ0v) is 20.0. The lowest BCUT2D eigenvalue weighted by Crippen LogP contribution is -2.63. The van der Waals surface area contributed by atoms with Gasteiger partial charge >= 0.3 is 0 Å². The maximum atomic E-state index is 6.07. The number of hydrogen-bond acceptors (Lipinski definition) is 2. The molecule has 0 unspecified atom stereocenters. The lowest BCUT2D eigenvalue weighted by atomic mass is 9.79. The number of nitrogens with one attached hydrogen (secondary N) is 2. The summed E-state index contributed by atoms with van der Waals surface area (Å²) in [4.78, 5) is 2.51. The fourth-order valence-corrected chi connectivity index (χ4v) is 5.89. The van der Waals surface area contributed by atoms with Crippen molar-refractivity contribution in [3.8, 4) is 0 Å². The number of thiocarbonyl (C=S) groups is 1. The maximum absolute atomic E-state index is 6.07. The summed E-state index contributed by atoms with van der Waals surface area (Å²) in [6.45, 7) is 12.4. The maximum Gasteiger partial charge on any atom is 0.169 e. The van der Waals surface area contributed by atoms with Crippen LogP contribution in [0.4, 0.5) is 0 Å². The van der Waals surface area contributed by atoms with Crippen molar-refractivity contribution in [2.75, 3.05) is 0 Å². The summed E-state index contributed by atoms with van der Waals surface area (Å²) in [6, 6.07) is 9.72. The van der Waals surface area contributed by atoms with E-state index in [2.05, 4.69) is 74.4 Å². The molecule has 29 heavy (non-hydrogen) atoms. The molecule has 1 heterocycles. The summed E-state index contributed by atoms with van der Waals surface area (Å²) < 4.78 is 0. The summed E-state index contributed by atoms with van der Waals surface area (Å²) in [6.07, 6.45) is 10.1. The van der Waals surface area contributed by atoms with Crippen molar-refractivity contribution in [2.24, 2.45) is 0 Å². The molecule has 2 N–H and O–H groups in total. The Kier molecular flexibility index (Phi) is 7.27. The highest BCUT2D eigenvalue weighted by molar-refractivity contribution is 7.80. The van der Waals surface area contributed by atoms with Gasteiger partial charge in [-0.25, -0.2) is 0 Å². The quantitative estimate of drug-likeness (QED) is 0.487. The average molecular weight is 416 g/mol. The predicted octanol–water partition coefficient (Wildman–Crippen LogP) is 5.70. The Bertz CT molecular complexity index is 673. The first kappa shape index (κ1) is 22.6. The van der Waals surface area contributed by atoms with Gasteiger partial charge in [0, 0.05) is 29.7 Å². The molecular weight excluding hydrogens is 374 g/mol. The smallest absolute Gasteiger partial charge is 0.169 e. The molecule has 0 aromatic heterocycles. The average Bonchev–Trinajstić information content (AvgIpc) is 2.87. The van der Waals surface area contributed by atoms with Crippen LogP contribution in [0.25, 0.3) is 0 Å². The zero-order chi connectivity index (χ0) is 21.1. The molecule has 162 valence electrons. The van der Waals surface area contributed by atoms with Gasteiger partial charge in [-0.3, -0.25) is 0 Å². The number of piperidine rings is 1. The lowest BCUT2D eigenvalue weighted by Gasteiger charge is -2.50. The summed E-state index contributed by atoms with van der Waals surface area (Å²) in [5.74, 6) is 0. The van der Waals surface area contributed by atoms with Crippen LogP contribution in [0.1, 0.15) is 90.2 Å². The van der Waals surface area contributed by atoms with Gasteiger partial charge in [0.1, 0.15) is 0 Å². The van der Waals surface area contributed by atoms with Gasteiger partial charge in [0.25, 0.3) is 0 Å². The van der Waals surface area contributed by atoms with E-state index in [4.69, 9.17) is 12.2 Å². The Balaban J connectivity index is 1.82. The third-order valence-electron chi connectivity index (χ3n) is 6.65. The highest BCUT2D eigenvalue weighted by atomic mass is 32.1. The Morgan fingerprint density at radius 1 is 1.03 bits per heavy atom. The first-order valence-corrected chi connectivity index (χ1v) is 12.0. The Labute approximate surface area is 184 Å². The van der Waals surface area contributed by atoms with Gasteiger partial charge in [-0.1, -0.05) is 49.9 Å². The standard InChI is InChI=1S/C25H41N3S/c1-19-12-10-11-13-20(19)18-28(22-16-24(2,3)27-25(4,5)17-22)23(29)26-21-14-8-6-7-9-15-21/h10-13,21-22,27H,6-9,14-18H2,1-5H3,(H,26,29). The number of rotatable bonds is 4.